The molecule has 0 amide bonds. The van der Waals surface area contributed by atoms with Crippen LogP contribution in [0, 0.1) is 13.8 Å². The zero-order valence-electron chi connectivity index (χ0n) is 11.2. The number of hydrogen-bond acceptors (Lipinski definition) is 4. The first-order valence-corrected chi connectivity index (χ1v) is 5.51. The van der Waals surface area contributed by atoms with Gasteiger partial charge in [-0.2, -0.15) is 0 Å². The molecule has 0 radical (unpaired) electrons. The van der Waals surface area contributed by atoms with E-state index in [-0.39, 0.29) is 30.0 Å². The predicted molar refractivity (Wildman–Crippen MR) is 81.2 cm³/mol. The van der Waals surface area contributed by atoms with Crippen molar-refractivity contribution in [3.05, 3.63) is 17.0 Å². The average molecular weight is 368 g/mol. The zero-order valence-corrected chi connectivity index (χ0v) is 13.5. The van der Waals surface area contributed by atoms with E-state index >= 15 is 0 Å². The molecular formula is C11H21IN4O2. The largest absolute Gasteiger partial charge is 0.383 e. The third kappa shape index (κ3) is 5.21. The molecule has 0 fully saturated rings. The van der Waals surface area contributed by atoms with E-state index in [1.54, 1.807) is 7.11 Å². The smallest absolute Gasteiger partial charge is 0.189 e. The van der Waals surface area contributed by atoms with Gasteiger partial charge in [-0.3, -0.25) is 0 Å². The third-order valence-electron chi connectivity index (χ3n) is 2.40. The SMILES string of the molecule is COCC(C)NC(N)=NCc1c(C)noc1C.I. The second kappa shape index (κ2) is 8.30. The Morgan fingerprint density at radius 1 is 1.56 bits per heavy atom. The van der Waals surface area contributed by atoms with Gasteiger partial charge in [-0.15, -0.1) is 24.0 Å². The first-order chi connectivity index (χ1) is 8.04. The topological polar surface area (TPSA) is 85.7 Å². The fourth-order valence-corrected chi connectivity index (χ4v) is 1.48. The van der Waals surface area contributed by atoms with Crippen LogP contribution < -0.4 is 11.1 Å². The Morgan fingerprint density at radius 3 is 2.72 bits per heavy atom. The first-order valence-electron chi connectivity index (χ1n) is 5.51. The maximum absolute atomic E-state index is 5.75. The van der Waals surface area contributed by atoms with Crippen molar-refractivity contribution in [1.82, 2.24) is 10.5 Å². The summed E-state index contributed by atoms with van der Waals surface area (Å²) < 4.78 is 10.0. The van der Waals surface area contributed by atoms with Gasteiger partial charge in [0.2, 0.25) is 0 Å². The molecule has 1 atom stereocenters. The molecule has 0 spiro atoms. The van der Waals surface area contributed by atoms with Crippen molar-refractivity contribution in [2.75, 3.05) is 13.7 Å². The van der Waals surface area contributed by atoms with Gasteiger partial charge in [-0.25, -0.2) is 4.99 Å². The highest BCUT2D eigenvalue weighted by Crippen LogP contribution is 2.12. The van der Waals surface area contributed by atoms with E-state index in [9.17, 15) is 0 Å². The lowest BCUT2D eigenvalue weighted by Crippen LogP contribution is -2.40. The van der Waals surface area contributed by atoms with Gasteiger partial charge >= 0.3 is 0 Å². The highest BCUT2D eigenvalue weighted by Gasteiger charge is 2.08. The molecule has 0 saturated heterocycles. The average Bonchev–Trinajstić information content (AvgIpc) is 2.56. The summed E-state index contributed by atoms with van der Waals surface area (Å²) in [5.74, 6) is 1.18. The van der Waals surface area contributed by atoms with E-state index in [1.807, 2.05) is 20.8 Å². The summed E-state index contributed by atoms with van der Waals surface area (Å²) in [5, 5.41) is 6.89. The lowest BCUT2D eigenvalue weighted by atomic mass is 10.2. The normalized spacial score (nSPS) is 13.0. The summed E-state index contributed by atoms with van der Waals surface area (Å²) in [6.07, 6.45) is 0. The number of guanidine groups is 1. The van der Waals surface area contributed by atoms with Crippen LogP contribution in [0.4, 0.5) is 0 Å². The molecule has 0 aliphatic heterocycles. The number of ether oxygens (including phenoxy) is 1. The van der Waals surface area contributed by atoms with Gasteiger partial charge in [0.25, 0.3) is 0 Å². The van der Waals surface area contributed by atoms with Crippen molar-refractivity contribution >= 4 is 29.9 Å². The molecule has 0 saturated carbocycles. The number of nitrogens with two attached hydrogens (primary N) is 1. The number of nitrogens with one attached hydrogen (secondary N) is 1. The number of hydrogen-bond donors (Lipinski definition) is 2. The van der Waals surface area contributed by atoms with E-state index in [1.165, 1.54) is 0 Å². The highest BCUT2D eigenvalue weighted by molar-refractivity contribution is 14.0. The van der Waals surface area contributed by atoms with E-state index in [2.05, 4.69) is 15.5 Å². The molecule has 1 unspecified atom stereocenters. The van der Waals surface area contributed by atoms with Crippen molar-refractivity contribution in [2.45, 2.75) is 33.4 Å². The number of aliphatic imine (C=N–C) groups is 1. The van der Waals surface area contributed by atoms with Crippen molar-refractivity contribution in [3.63, 3.8) is 0 Å². The van der Waals surface area contributed by atoms with Crippen molar-refractivity contribution < 1.29 is 9.26 Å². The Kier molecular flexibility index (Phi) is 7.92. The quantitative estimate of drug-likeness (QED) is 0.466. The lowest BCUT2D eigenvalue weighted by Gasteiger charge is -2.12. The fraction of sp³-hybridized carbons (Fsp3) is 0.636. The predicted octanol–water partition coefficient (Wildman–Crippen LogP) is 1.35. The highest BCUT2D eigenvalue weighted by atomic mass is 127. The maximum Gasteiger partial charge on any atom is 0.189 e. The molecule has 104 valence electrons. The standard InChI is InChI=1S/C11H20N4O2.HI/c1-7(6-16-4)14-11(12)13-5-10-8(2)15-17-9(10)3;/h7H,5-6H2,1-4H3,(H3,12,13,14);1H. The van der Waals surface area contributed by atoms with Crippen LogP contribution in [-0.2, 0) is 11.3 Å². The molecule has 1 aromatic rings. The summed E-state index contributed by atoms with van der Waals surface area (Å²) in [4.78, 5) is 4.24. The monoisotopic (exact) mass is 368 g/mol. The van der Waals surface area contributed by atoms with Crippen LogP contribution in [0.5, 0.6) is 0 Å². The molecule has 7 heteroatoms. The molecule has 18 heavy (non-hydrogen) atoms. The molecule has 6 nitrogen and oxygen atoms in total. The van der Waals surface area contributed by atoms with E-state index in [0.29, 0.717) is 19.1 Å². The molecule has 3 N–H and O–H groups in total. The molecule has 0 aliphatic rings. The Labute approximate surface area is 124 Å². The summed E-state index contributed by atoms with van der Waals surface area (Å²) in [6.45, 7) is 6.78. The Bertz CT molecular complexity index is 373. The summed E-state index contributed by atoms with van der Waals surface area (Å²) in [5.41, 5.74) is 7.59. The van der Waals surface area contributed by atoms with E-state index in [4.69, 9.17) is 15.0 Å². The number of halogens is 1. The Morgan fingerprint density at radius 2 is 2.22 bits per heavy atom. The Balaban J connectivity index is 0.00000289. The van der Waals surface area contributed by atoms with Gasteiger partial charge in [0.1, 0.15) is 5.76 Å². The van der Waals surface area contributed by atoms with Crippen molar-refractivity contribution in [1.29, 1.82) is 0 Å². The van der Waals surface area contributed by atoms with E-state index in [0.717, 1.165) is 17.0 Å². The maximum atomic E-state index is 5.75. The molecule has 1 aromatic heterocycles. The molecule has 1 heterocycles. The number of methoxy groups -OCH3 is 1. The van der Waals surface area contributed by atoms with Gasteiger partial charge in [-0.05, 0) is 20.8 Å². The zero-order chi connectivity index (χ0) is 12.8. The number of rotatable bonds is 5. The number of aromatic nitrogens is 1. The fourth-order valence-electron chi connectivity index (χ4n) is 1.48. The van der Waals surface area contributed by atoms with Crippen LogP contribution in [0.15, 0.2) is 9.52 Å². The summed E-state index contributed by atoms with van der Waals surface area (Å²) in [6, 6.07) is 0.133. The minimum absolute atomic E-state index is 0. The van der Waals surface area contributed by atoms with Crippen LogP contribution in [-0.4, -0.2) is 30.9 Å². The van der Waals surface area contributed by atoms with Crippen LogP contribution in [0.25, 0.3) is 0 Å². The second-order valence-corrected chi connectivity index (χ2v) is 4.00. The third-order valence-corrected chi connectivity index (χ3v) is 2.40. The van der Waals surface area contributed by atoms with Gasteiger partial charge in [0.05, 0.1) is 18.8 Å². The number of nitrogens with zero attached hydrogens (tertiary/aromatic N) is 2. The van der Waals surface area contributed by atoms with Crippen LogP contribution in [0.1, 0.15) is 23.9 Å². The first kappa shape index (κ1) is 17.2. The van der Waals surface area contributed by atoms with Gasteiger partial charge in [0.15, 0.2) is 5.96 Å². The van der Waals surface area contributed by atoms with E-state index < -0.39 is 0 Å². The van der Waals surface area contributed by atoms with Gasteiger partial charge in [0, 0.05) is 18.7 Å². The van der Waals surface area contributed by atoms with Crippen LogP contribution in [0.3, 0.4) is 0 Å². The Hall–Kier alpha value is -0.830. The second-order valence-electron chi connectivity index (χ2n) is 4.00. The summed E-state index contributed by atoms with van der Waals surface area (Å²) in [7, 11) is 1.65. The molecule has 0 aliphatic carbocycles. The minimum atomic E-state index is 0. The molecule has 0 bridgehead atoms. The molecular weight excluding hydrogens is 347 g/mol. The van der Waals surface area contributed by atoms with Gasteiger partial charge in [-0.1, -0.05) is 5.16 Å². The number of aryl methyl sites for hydroxylation is 2. The molecule has 1 rings (SSSR count). The van der Waals surface area contributed by atoms with Crippen molar-refractivity contribution in [2.24, 2.45) is 10.7 Å². The van der Waals surface area contributed by atoms with Crippen LogP contribution >= 0.6 is 24.0 Å². The summed E-state index contributed by atoms with van der Waals surface area (Å²) >= 11 is 0. The molecule has 0 aromatic carbocycles. The van der Waals surface area contributed by atoms with Crippen LogP contribution in [0.2, 0.25) is 0 Å². The lowest BCUT2D eigenvalue weighted by molar-refractivity contribution is 0.179. The van der Waals surface area contributed by atoms with Gasteiger partial charge < -0.3 is 20.3 Å². The van der Waals surface area contributed by atoms with Crippen molar-refractivity contribution in [3.8, 4) is 0 Å². The minimum Gasteiger partial charge on any atom is -0.383 e.